The van der Waals surface area contributed by atoms with E-state index in [1.54, 1.807) is 6.92 Å². The number of hydrogen-bond acceptors (Lipinski definition) is 4. The lowest BCUT2D eigenvalue weighted by Crippen LogP contribution is -2.26. The molecule has 0 aromatic carbocycles. The molecule has 0 aliphatic carbocycles. The quantitative estimate of drug-likeness (QED) is 0.339. The van der Waals surface area contributed by atoms with Crippen LogP contribution in [-0.2, 0) is 9.47 Å². The molecule has 0 heterocycles. The van der Waals surface area contributed by atoms with Crippen LogP contribution in [0.25, 0.3) is 0 Å². The summed E-state index contributed by atoms with van der Waals surface area (Å²) in [5.41, 5.74) is 0. The molecule has 0 aliphatic heterocycles. The second-order valence-electron chi connectivity index (χ2n) is 1.51. The molecule has 52 valence electrons. The number of isothiocyanates is 1. The van der Waals surface area contributed by atoms with Gasteiger partial charge in [0.1, 0.15) is 0 Å². The van der Waals surface area contributed by atoms with Crippen LogP contribution in [0, 0.1) is 0 Å². The topological polar surface area (TPSA) is 30.8 Å². The van der Waals surface area contributed by atoms with Crippen molar-refractivity contribution in [1.82, 2.24) is 0 Å². The lowest BCUT2D eigenvalue weighted by molar-refractivity contribution is -0.185. The van der Waals surface area contributed by atoms with Crippen molar-refractivity contribution < 1.29 is 9.47 Å². The van der Waals surface area contributed by atoms with Crippen LogP contribution in [0.2, 0.25) is 0 Å². The van der Waals surface area contributed by atoms with Gasteiger partial charge in [-0.3, -0.25) is 0 Å². The minimum absolute atomic E-state index is 0.957. The molecule has 0 radical (unpaired) electrons. The summed E-state index contributed by atoms with van der Waals surface area (Å²) < 4.78 is 9.62. The third kappa shape index (κ3) is 2.67. The van der Waals surface area contributed by atoms with E-state index >= 15 is 0 Å². The molecule has 4 heteroatoms. The Bertz CT molecular complexity index is 127. The van der Waals surface area contributed by atoms with Crippen molar-refractivity contribution in [2.75, 3.05) is 14.2 Å². The summed E-state index contributed by atoms with van der Waals surface area (Å²) in [5, 5.41) is 2.17. The number of ether oxygens (including phenoxy) is 2. The Morgan fingerprint density at radius 2 is 1.89 bits per heavy atom. The van der Waals surface area contributed by atoms with Gasteiger partial charge < -0.3 is 9.47 Å². The fourth-order valence-corrected chi connectivity index (χ4v) is 0.423. The molecule has 0 fully saturated rings. The molecule has 0 rings (SSSR count). The van der Waals surface area contributed by atoms with Crippen LogP contribution in [0.1, 0.15) is 6.92 Å². The number of hydrogen-bond donors (Lipinski definition) is 0. The average molecular weight is 147 g/mol. The highest BCUT2D eigenvalue weighted by atomic mass is 32.1. The first-order valence-corrected chi connectivity index (χ1v) is 2.78. The van der Waals surface area contributed by atoms with Gasteiger partial charge in [0, 0.05) is 21.1 Å². The van der Waals surface area contributed by atoms with Crippen molar-refractivity contribution in [3.05, 3.63) is 0 Å². The SMILES string of the molecule is COC(C)(N=C=S)OC. The van der Waals surface area contributed by atoms with Crippen molar-refractivity contribution >= 4 is 17.4 Å². The van der Waals surface area contributed by atoms with Crippen LogP contribution in [0.15, 0.2) is 4.99 Å². The van der Waals surface area contributed by atoms with E-state index in [0.29, 0.717) is 0 Å². The molecule has 0 atom stereocenters. The maximum absolute atomic E-state index is 4.81. The van der Waals surface area contributed by atoms with Gasteiger partial charge in [0.05, 0.1) is 5.16 Å². The van der Waals surface area contributed by atoms with E-state index in [0.717, 1.165) is 0 Å². The number of thiocarbonyl (C=S) groups is 1. The Labute approximate surface area is 59.7 Å². The highest BCUT2D eigenvalue weighted by molar-refractivity contribution is 7.78. The van der Waals surface area contributed by atoms with E-state index in [1.165, 1.54) is 14.2 Å². The van der Waals surface area contributed by atoms with Gasteiger partial charge in [0.15, 0.2) is 0 Å². The lowest BCUT2D eigenvalue weighted by Gasteiger charge is -2.18. The van der Waals surface area contributed by atoms with Crippen LogP contribution in [0.4, 0.5) is 0 Å². The van der Waals surface area contributed by atoms with Gasteiger partial charge in [0.2, 0.25) is 0 Å². The Hall–Kier alpha value is -0.280. The first-order chi connectivity index (χ1) is 4.18. The van der Waals surface area contributed by atoms with Gasteiger partial charge in [-0.25, -0.2) is 0 Å². The predicted octanol–water partition coefficient (Wildman–Crippen LogP) is 1.06. The molecule has 0 N–H and O–H groups in total. The minimum Gasteiger partial charge on any atom is -0.335 e. The normalized spacial score (nSPS) is 10.6. The van der Waals surface area contributed by atoms with Crippen LogP contribution in [-0.4, -0.2) is 25.3 Å². The van der Waals surface area contributed by atoms with Crippen molar-refractivity contribution in [2.45, 2.75) is 12.8 Å². The highest BCUT2D eigenvalue weighted by Gasteiger charge is 2.19. The Balaban J connectivity index is 4.08. The van der Waals surface area contributed by atoms with E-state index in [-0.39, 0.29) is 0 Å². The lowest BCUT2D eigenvalue weighted by atomic mass is 10.6. The second-order valence-corrected chi connectivity index (χ2v) is 1.69. The van der Waals surface area contributed by atoms with Crippen LogP contribution < -0.4 is 0 Å². The first kappa shape index (κ1) is 8.72. The van der Waals surface area contributed by atoms with Crippen molar-refractivity contribution in [1.29, 1.82) is 0 Å². The van der Waals surface area contributed by atoms with Crippen LogP contribution in [0.3, 0.4) is 0 Å². The molecule has 0 aromatic rings. The van der Waals surface area contributed by atoms with Gasteiger partial charge in [-0.1, -0.05) is 0 Å². The minimum atomic E-state index is -0.957. The maximum atomic E-state index is 4.81. The largest absolute Gasteiger partial charge is 0.335 e. The molecule has 0 aromatic heterocycles. The number of nitrogens with zero attached hydrogens (tertiary/aromatic N) is 1. The molecule has 9 heavy (non-hydrogen) atoms. The molecule has 0 spiro atoms. The molecule has 0 saturated carbocycles. The predicted molar refractivity (Wildman–Crippen MR) is 37.4 cm³/mol. The Kier molecular flexibility index (Phi) is 3.58. The summed E-state index contributed by atoms with van der Waals surface area (Å²) in [4.78, 5) is 3.61. The summed E-state index contributed by atoms with van der Waals surface area (Å²) in [5.74, 6) is -0.957. The smallest absolute Gasteiger partial charge is 0.274 e. The van der Waals surface area contributed by atoms with Gasteiger partial charge in [0.25, 0.3) is 5.91 Å². The van der Waals surface area contributed by atoms with E-state index in [9.17, 15) is 0 Å². The first-order valence-electron chi connectivity index (χ1n) is 2.38. The van der Waals surface area contributed by atoms with Gasteiger partial charge in [-0.2, -0.15) is 4.99 Å². The van der Waals surface area contributed by atoms with Crippen molar-refractivity contribution in [2.24, 2.45) is 4.99 Å². The molecule has 0 unspecified atom stereocenters. The zero-order valence-corrected chi connectivity index (χ0v) is 6.49. The van der Waals surface area contributed by atoms with Crippen molar-refractivity contribution in [3.63, 3.8) is 0 Å². The molecule has 0 saturated heterocycles. The third-order valence-electron chi connectivity index (χ3n) is 1.01. The fourth-order valence-electron chi connectivity index (χ4n) is 0.258. The molecular formula is C5H9NO2S. The number of aliphatic imine (C=N–C) groups is 1. The molecular weight excluding hydrogens is 138 g/mol. The van der Waals surface area contributed by atoms with E-state index in [1.807, 2.05) is 0 Å². The summed E-state index contributed by atoms with van der Waals surface area (Å²) >= 11 is 4.36. The fraction of sp³-hybridized carbons (Fsp3) is 0.800. The molecule has 0 amide bonds. The zero-order chi connectivity index (χ0) is 7.33. The van der Waals surface area contributed by atoms with Crippen LogP contribution >= 0.6 is 12.2 Å². The molecule has 0 bridgehead atoms. The maximum Gasteiger partial charge on any atom is 0.274 e. The summed E-state index contributed by atoms with van der Waals surface area (Å²) in [6.45, 7) is 1.65. The van der Waals surface area contributed by atoms with Gasteiger partial charge in [-0.15, -0.1) is 0 Å². The Morgan fingerprint density at radius 1 is 1.44 bits per heavy atom. The Morgan fingerprint density at radius 3 is 2.00 bits per heavy atom. The van der Waals surface area contributed by atoms with E-state index in [4.69, 9.17) is 9.47 Å². The van der Waals surface area contributed by atoms with E-state index < -0.39 is 5.91 Å². The van der Waals surface area contributed by atoms with Gasteiger partial charge in [-0.05, 0) is 12.2 Å². The zero-order valence-electron chi connectivity index (χ0n) is 5.67. The third-order valence-corrected chi connectivity index (χ3v) is 1.10. The van der Waals surface area contributed by atoms with E-state index in [2.05, 4.69) is 22.4 Å². The second kappa shape index (κ2) is 3.69. The van der Waals surface area contributed by atoms with Crippen molar-refractivity contribution in [3.8, 4) is 0 Å². The summed E-state index contributed by atoms with van der Waals surface area (Å²) in [7, 11) is 2.97. The molecule has 3 nitrogen and oxygen atoms in total. The summed E-state index contributed by atoms with van der Waals surface area (Å²) in [6.07, 6.45) is 0. The summed E-state index contributed by atoms with van der Waals surface area (Å²) in [6, 6.07) is 0. The monoisotopic (exact) mass is 147 g/mol. The average Bonchev–Trinajstić information content (AvgIpc) is 1.89. The van der Waals surface area contributed by atoms with Crippen LogP contribution in [0.5, 0.6) is 0 Å². The number of methoxy groups -OCH3 is 2. The molecule has 0 aliphatic rings. The standard InChI is InChI=1S/C5H9NO2S/c1-5(7-2,8-3)6-4-9/h1-3H3. The highest BCUT2D eigenvalue weighted by Crippen LogP contribution is 2.09. The van der Waals surface area contributed by atoms with Gasteiger partial charge >= 0.3 is 0 Å². The number of rotatable bonds is 3.